The smallest absolute Gasteiger partial charge is 0.103 e. The Kier molecular flexibility index (Phi) is 10.5. The summed E-state index contributed by atoms with van der Waals surface area (Å²) in [6.45, 7) is 2.79. The van der Waals surface area contributed by atoms with Gasteiger partial charge < -0.3 is 19.3 Å². The van der Waals surface area contributed by atoms with Gasteiger partial charge >= 0.3 is 0 Å². The van der Waals surface area contributed by atoms with Gasteiger partial charge in [-0.3, -0.25) is 4.90 Å². The fourth-order valence-electron chi connectivity index (χ4n) is 5.56. The number of aliphatic hydroxyl groups is 1. The van der Waals surface area contributed by atoms with Crippen LogP contribution in [-0.4, -0.2) is 47.5 Å². The highest BCUT2D eigenvalue weighted by molar-refractivity contribution is 5.18. The van der Waals surface area contributed by atoms with Gasteiger partial charge in [-0.1, -0.05) is 121 Å². The maximum Gasteiger partial charge on any atom is 0.103 e. The fraction of sp³-hybridized carbons (Fsp3) is 0.314. The third-order valence-electron chi connectivity index (χ3n) is 7.54. The van der Waals surface area contributed by atoms with E-state index in [-0.39, 0.29) is 30.9 Å². The molecule has 1 aliphatic rings. The molecule has 1 heterocycles. The Morgan fingerprint density at radius 2 is 0.950 bits per heavy atom. The molecule has 0 aliphatic carbocycles. The van der Waals surface area contributed by atoms with E-state index in [1.54, 1.807) is 0 Å². The van der Waals surface area contributed by atoms with Crippen molar-refractivity contribution >= 4 is 0 Å². The molecule has 1 aliphatic heterocycles. The third-order valence-corrected chi connectivity index (χ3v) is 7.54. The topological polar surface area (TPSA) is 51.2 Å². The number of aliphatic hydroxyl groups excluding tert-OH is 1. The minimum Gasteiger partial charge on any atom is -0.396 e. The molecule has 0 bridgehead atoms. The highest BCUT2D eigenvalue weighted by Gasteiger charge is 2.50. The maximum atomic E-state index is 10.2. The van der Waals surface area contributed by atoms with Crippen LogP contribution >= 0.6 is 0 Å². The van der Waals surface area contributed by atoms with E-state index in [1.165, 1.54) is 5.56 Å². The van der Waals surface area contributed by atoms with Crippen molar-refractivity contribution in [3.05, 3.63) is 144 Å². The lowest BCUT2D eigenvalue weighted by Gasteiger charge is -2.31. The number of likely N-dealkylation sites (tertiary alicyclic amines) is 1. The second kappa shape index (κ2) is 14.9. The molecule has 1 fully saturated rings. The fourth-order valence-corrected chi connectivity index (χ4v) is 5.56. The summed E-state index contributed by atoms with van der Waals surface area (Å²) >= 11 is 0. The van der Waals surface area contributed by atoms with Gasteiger partial charge in [-0.15, -0.1) is 0 Å². The van der Waals surface area contributed by atoms with Gasteiger partial charge in [0.25, 0.3) is 0 Å². The lowest BCUT2D eigenvalue weighted by atomic mass is 10.0. The summed E-state index contributed by atoms with van der Waals surface area (Å²) in [4.78, 5) is 2.43. The van der Waals surface area contributed by atoms with Gasteiger partial charge in [0.05, 0.1) is 32.5 Å². The van der Waals surface area contributed by atoms with Crippen molar-refractivity contribution in [3.63, 3.8) is 0 Å². The molecule has 0 unspecified atom stereocenters. The molecular formula is C35H39NO4. The molecule has 0 amide bonds. The number of hydrogen-bond acceptors (Lipinski definition) is 5. The number of nitrogens with zero attached hydrogens (tertiary/aromatic N) is 1. The molecule has 40 heavy (non-hydrogen) atoms. The summed E-state index contributed by atoms with van der Waals surface area (Å²) in [6.07, 6.45) is 0.122. The number of benzene rings is 4. The van der Waals surface area contributed by atoms with Gasteiger partial charge in [0.1, 0.15) is 12.2 Å². The van der Waals surface area contributed by atoms with E-state index >= 15 is 0 Å². The van der Waals surface area contributed by atoms with Gasteiger partial charge in [0.2, 0.25) is 0 Å². The summed E-state index contributed by atoms with van der Waals surface area (Å²) in [7, 11) is 0. The summed E-state index contributed by atoms with van der Waals surface area (Å²) in [5.41, 5.74) is 4.59. The van der Waals surface area contributed by atoms with Crippen molar-refractivity contribution in [2.75, 3.05) is 13.2 Å². The Morgan fingerprint density at radius 3 is 1.43 bits per heavy atom. The van der Waals surface area contributed by atoms with E-state index in [1.807, 2.05) is 60.7 Å². The van der Waals surface area contributed by atoms with Gasteiger partial charge in [-0.2, -0.15) is 0 Å². The zero-order valence-corrected chi connectivity index (χ0v) is 22.9. The van der Waals surface area contributed by atoms with Crippen LogP contribution in [0.15, 0.2) is 121 Å². The van der Waals surface area contributed by atoms with Crippen LogP contribution in [0.2, 0.25) is 0 Å². The predicted octanol–water partition coefficient (Wildman–Crippen LogP) is 6.01. The number of rotatable bonds is 14. The minimum absolute atomic E-state index is 0.0278. The molecule has 4 aromatic rings. The van der Waals surface area contributed by atoms with E-state index in [2.05, 4.69) is 65.6 Å². The molecule has 1 N–H and O–H groups in total. The molecule has 0 spiro atoms. The van der Waals surface area contributed by atoms with Gasteiger partial charge in [-0.05, 0) is 28.7 Å². The molecule has 4 aromatic carbocycles. The van der Waals surface area contributed by atoms with Crippen LogP contribution in [0.1, 0.15) is 28.7 Å². The van der Waals surface area contributed by atoms with Crippen LogP contribution in [0.25, 0.3) is 0 Å². The van der Waals surface area contributed by atoms with Crippen LogP contribution in [0.3, 0.4) is 0 Å². The van der Waals surface area contributed by atoms with Crippen molar-refractivity contribution < 1.29 is 19.3 Å². The van der Waals surface area contributed by atoms with E-state index in [4.69, 9.17) is 14.2 Å². The summed E-state index contributed by atoms with van der Waals surface area (Å²) in [5.74, 6) is 0. The normalized spacial score (nSPS) is 21.0. The molecule has 5 heteroatoms. The Labute approximate surface area is 238 Å². The van der Waals surface area contributed by atoms with Crippen LogP contribution in [-0.2, 0) is 40.6 Å². The van der Waals surface area contributed by atoms with Crippen molar-refractivity contribution in [2.24, 2.45) is 0 Å². The standard InChI is InChI=1S/C35H39NO4/c37-22-21-32-34(39-25-30-17-9-3-10-18-30)35(40-26-31-19-11-4-12-20-31)33(27-38-24-29-15-7-2-8-16-29)36(32)23-28-13-5-1-6-14-28/h1-20,32-35,37H,21-27H2/t32-,33-,34-,35-/m1/s1. The first-order chi connectivity index (χ1) is 19.8. The summed E-state index contributed by atoms with van der Waals surface area (Å²) < 4.78 is 19.8. The van der Waals surface area contributed by atoms with E-state index in [0.717, 1.165) is 23.2 Å². The molecule has 1 saturated heterocycles. The predicted molar refractivity (Wildman–Crippen MR) is 157 cm³/mol. The van der Waals surface area contributed by atoms with Crippen LogP contribution < -0.4 is 0 Å². The van der Waals surface area contributed by atoms with E-state index in [0.29, 0.717) is 32.8 Å². The largest absolute Gasteiger partial charge is 0.396 e. The Bertz CT molecular complexity index is 1240. The lowest BCUT2D eigenvalue weighted by molar-refractivity contribution is -0.0873. The Hall–Kier alpha value is -3.32. The van der Waals surface area contributed by atoms with Gasteiger partial charge in [-0.25, -0.2) is 0 Å². The summed E-state index contributed by atoms with van der Waals surface area (Å²) in [5, 5.41) is 10.2. The van der Waals surface area contributed by atoms with Crippen molar-refractivity contribution in [1.29, 1.82) is 0 Å². The minimum atomic E-state index is -0.236. The number of hydrogen-bond donors (Lipinski definition) is 1. The molecular weight excluding hydrogens is 498 g/mol. The number of ether oxygens (including phenoxy) is 3. The van der Waals surface area contributed by atoms with Gasteiger partial charge in [0.15, 0.2) is 0 Å². The average molecular weight is 538 g/mol. The van der Waals surface area contributed by atoms with Crippen molar-refractivity contribution in [2.45, 2.75) is 57.1 Å². The average Bonchev–Trinajstić information content (AvgIpc) is 3.28. The van der Waals surface area contributed by atoms with Crippen LogP contribution in [0.5, 0.6) is 0 Å². The second-order valence-electron chi connectivity index (χ2n) is 10.3. The van der Waals surface area contributed by atoms with Crippen LogP contribution in [0, 0.1) is 0 Å². The highest BCUT2D eigenvalue weighted by atomic mass is 16.5. The first-order valence-electron chi connectivity index (χ1n) is 14.1. The quantitative estimate of drug-likeness (QED) is 0.214. The van der Waals surface area contributed by atoms with E-state index < -0.39 is 0 Å². The van der Waals surface area contributed by atoms with Crippen molar-refractivity contribution in [1.82, 2.24) is 4.90 Å². The van der Waals surface area contributed by atoms with Crippen molar-refractivity contribution in [3.8, 4) is 0 Å². The molecule has 0 aromatic heterocycles. The Morgan fingerprint density at radius 1 is 0.525 bits per heavy atom. The Balaban J connectivity index is 1.42. The second-order valence-corrected chi connectivity index (χ2v) is 10.3. The SMILES string of the molecule is OCC[C@@H]1[C@@H](OCc2ccccc2)[C@H](OCc2ccccc2)[C@@H](COCc2ccccc2)N1Cc1ccccc1. The first-order valence-corrected chi connectivity index (χ1v) is 14.1. The molecule has 208 valence electrons. The molecule has 5 rings (SSSR count). The third kappa shape index (κ3) is 7.66. The lowest BCUT2D eigenvalue weighted by Crippen LogP contribution is -2.42. The molecule has 0 radical (unpaired) electrons. The highest BCUT2D eigenvalue weighted by Crippen LogP contribution is 2.35. The zero-order chi connectivity index (χ0) is 27.4. The van der Waals surface area contributed by atoms with Gasteiger partial charge in [0, 0.05) is 19.2 Å². The maximum absolute atomic E-state index is 10.2. The molecule has 4 atom stereocenters. The van der Waals surface area contributed by atoms with E-state index in [9.17, 15) is 5.11 Å². The van der Waals surface area contributed by atoms with Crippen LogP contribution in [0.4, 0.5) is 0 Å². The summed E-state index contributed by atoms with van der Waals surface area (Å²) in [6, 6.07) is 41.2. The molecule has 0 saturated carbocycles. The molecule has 5 nitrogen and oxygen atoms in total. The zero-order valence-electron chi connectivity index (χ0n) is 22.9. The first kappa shape index (κ1) is 28.2. The monoisotopic (exact) mass is 537 g/mol.